The first-order valence-corrected chi connectivity index (χ1v) is 6.98. The number of fused-ring (bicyclic) bond motifs is 1. The Morgan fingerprint density at radius 2 is 1.77 bits per heavy atom. The van der Waals surface area contributed by atoms with Gasteiger partial charge in [-0.05, 0) is 25.5 Å². The van der Waals surface area contributed by atoms with Gasteiger partial charge in [-0.1, -0.05) is 18.7 Å². The zero-order chi connectivity index (χ0) is 16.4. The molecule has 1 aromatic heterocycles. The Hall–Kier alpha value is -2.40. The highest BCUT2D eigenvalue weighted by molar-refractivity contribution is 7.80. The predicted octanol–water partition coefficient (Wildman–Crippen LogP) is 3.69. The SMILES string of the molecule is C=Cc1c(/C=C/C)oc2c(C=O)c(S)c(C=O)c(C)c2c1=O. The van der Waals surface area contributed by atoms with Crippen LogP contribution in [-0.2, 0) is 0 Å². The lowest BCUT2D eigenvalue weighted by atomic mass is 9.98. The van der Waals surface area contributed by atoms with E-state index in [4.69, 9.17) is 4.42 Å². The molecule has 2 aromatic rings. The number of hydrogen-bond donors (Lipinski definition) is 1. The molecule has 0 aliphatic carbocycles. The van der Waals surface area contributed by atoms with Crippen molar-refractivity contribution in [2.24, 2.45) is 0 Å². The van der Waals surface area contributed by atoms with Gasteiger partial charge in [0.15, 0.2) is 18.2 Å². The molecule has 0 saturated heterocycles. The van der Waals surface area contributed by atoms with E-state index in [1.165, 1.54) is 6.08 Å². The van der Waals surface area contributed by atoms with Crippen LogP contribution in [0, 0.1) is 6.92 Å². The summed E-state index contributed by atoms with van der Waals surface area (Å²) < 4.78 is 5.73. The predicted molar refractivity (Wildman–Crippen MR) is 90.0 cm³/mol. The van der Waals surface area contributed by atoms with Crippen LogP contribution < -0.4 is 5.43 Å². The van der Waals surface area contributed by atoms with E-state index in [2.05, 4.69) is 19.2 Å². The van der Waals surface area contributed by atoms with E-state index in [1.807, 2.05) is 0 Å². The minimum Gasteiger partial charge on any atom is -0.455 e. The van der Waals surface area contributed by atoms with E-state index >= 15 is 0 Å². The molecule has 22 heavy (non-hydrogen) atoms. The molecular weight excluding hydrogens is 300 g/mol. The maximum atomic E-state index is 12.7. The summed E-state index contributed by atoms with van der Waals surface area (Å²) in [7, 11) is 0. The van der Waals surface area contributed by atoms with Gasteiger partial charge in [0.1, 0.15) is 5.76 Å². The summed E-state index contributed by atoms with van der Waals surface area (Å²) in [5, 5.41) is 0.199. The quantitative estimate of drug-likeness (QED) is 0.690. The molecule has 0 spiro atoms. The lowest BCUT2D eigenvalue weighted by Crippen LogP contribution is -2.12. The van der Waals surface area contributed by atoms with Crippen molar-refractivity contribution in [3.05, 3.63) is 50.9 Å². The van der Waals surface area contributed by atoms with Gasteiger partial charge in [-0.25, -0.2) is 0 Å². The van der Waals surface area contributed by atoms with Crippen LogP contribution >= 0.6 is 12.6 Å². The summed E-state index contributed by atoms with van der Waals surface area (Å²) in [5.74, 6) is 0.309. The standard InChI is InChI=1S/C17H14O4S/c1-4-6-13-10(5-2)15(20)14-9(3)11(7-18)17(22)12(8-19)16(14)21-13/h4-8,22H,2H2,1,3H3/b6-4+. The molecule has 0 aliphatic rings. The second-order valence-electron chi connectivity index (χ2n) is 4.65. The molecule has 0 atom stereocenters. The van der Waals surface area contributed by atoms with Crippen molar-refractivity contribution in [2.75, 3.05) is 0 Å². The molecule has 1 heterocycles. The lowest BCUT2D eigenvalue weighted by molar-refractivity contribution is 0.112. The maximum Gasteiger partial charge on any atom is 0.200 e. The number of carbonyl (C=O) groups is 2. The molecule has 0 fully saturated rings. The Kier molecular flexibility index (Phi) is 4.47. The number of allylic oxidation sites excluding steroid dienone is 1. The van der Waals surface area contributed by atoms with Crippen LogP contribution in [0.1, 0.15) is 44.5 Å². The summed E-state index contributed by atoms with van der Waals surface area (Å²) in [6, 6.07) is 0. The Labute approximate surface area is 132 Å². The molecule has 5 heteroatoms. The zero-order valence-corrected chi connectivity index (χ0v) is 13.1. The van der Waals surface area contributed by atoms with Crippen molar-refractivity contribution in [2.45, 2.75) is 18.7 Å². The van der Waals surface area contributed by atoms with Crippen LogP contribution in [0.4, 0.5) is 0 Å². The van der Waals surface area contributed by atoms with Crippen LogP contribution in [0.25, 0.3) is 23.1 Å². The molecule has 0 bridgehead atoms. The van der Waals surface area contributed by atoms with Crippen molar-refractivity contribution in [1.29, 1.82) is 0 Å². The monoisotopic (exact) mass is 314 g/mol. The maximum absolute atomic E-state index is 12.7. The molecule has 0 unspecified atom stereocenters. The van der Waals surface area contributed by atoms with Crippen LogP contribution in [0.2, 0.25) is 0 Å². The van der Waals surface area contributed by atoms with Gasteiger partial charge < -0.3 is 4.42 Å². The molecule has 2 rings (SSSR count). The van der Waals surface area contributed by atoms with E-state index < -0.39 is 0 Å². The number of carbonyl (C=O) groups excluding carboxylic acids is 2. The first-order chi connectivity index (χ1) is 10.5. The van der Waals surface area contributed by atoms with Crippen molar-refractivity contribution < 1.29 is 14.0 Å². The first kappa shape index (κ1) is 16.0. The summed E-state index contributed by atoms with van der Waals surface area (Å²) in [4.78, 5) is 35.6. The second-order valence-corrected chi connectivity index (χ2v) is 5.10. The van der Waals surface area contributed by atoms with Crippen LogP contribution in [0.3, 0.4) is 0 Å². The molecule has 0 N–H and O–H groups in total. The van der Waals surface area contributed by atoms with Gasteiger partial charge in [-0.3, -0.25) is 14.4 Å². The number of aldehydes is 2. The van der Waals surface area contributed by atoms with Crippen LogP contribution in [0.15, 0.2) is 26.8 Å². The van der Waals surface area contributed by atoms with E-state index in [9.17, 15) is 14.4 Å². The highest BCUT2D eigenvalue weighted by atomic mass is 32.1. The van der Waals surface area contributed by atoms with Gasteiger partial charge in [0.2, 0.25) is 5.43 Å². The fourth-order valence-electron chi connectivity index (χ4n) is 2.38. The number of benzene rings is 1. The average molecular weight is 314 g/mol. The summed E-state index contributed by atoms with van der Waals surface area (Å²) in [6.45, 7) is 7.03. The molecule has 0 aliphatic heterocycles. The minimum atomic E-state index is -0.332. The Morgan fingerprint density at radius 1 is 1.14 bits per heavy atom. The topological polar surface area (TPSA) is 64.3 Å². The summed E-state index contributed by atoms with van der Waals surface area (Å²) in [5.41, 5.74) is 0.815. The molecular formula is C17H14O4S. The van der Waals surface area contributed by atoms with E-state index in [0.29, 0.717) is 23.9 Å². The van der Waals surface area contributed by atoms with Crippen molar-refractivity contribution >= 4 is 48.3 Å². The van der Waals surface area contributed by atoms with Crippen LogP contribution in [0.5, 0.6) is 0 Å². The molecule has 4 nitrogen and oxygen atoms in total. The highest BCUT2D eigenvalue weighted by Crippen LogP contribution is 2.31. The first-order valence-electron chi connectivity index (χ1n) is 6.53. The van der Waals surface area contributed by atoms with Crippen molar-refractivity contribution in [3.63, 3.8) is 0 Å². The van der Waals surface area contributed by atoms with Gasteiger partial charge in [-0.15, -0.1) is 12.6 Å². The molecule has 112 valence electrons. The molecule has 0 radical (unpaired) electrons. The third-order valence-electron chi connectivity index (χ3n) is 3.47. The van der Waals surface area contributed by atoms with Gasteiger partial charge >= 0.3 is 0 Å². The Morgan fingerprint density at radius 3 is 2.27 bits per heavy atom. The summed E-state index contributed by atoms with van der Waals surface area (Å²) >= 11 is 4.22. The Bertz CT molecular complexity index is 888. The van der Waals surface area contributed by atoms with Gasteiger partial charge in [-0.2, -0.15) is 0 Å². The van der Waals surface area contributed by atoms with E-state index in [-0.39, 0.29) is 38.0 Å². The number of aryl methyl sites for hydroxylation is 1. The second kappa shape index (κ2) is 6.15. The average Bonchev–Trinajstić information content (AvgIpc) is 2.48. The third-order valence-corrected chi connectivity index (χ3v) is 3.95. The van der Waals surface area contributed by atoms with E-state index in [0.717, 1.165) is 0 Å². The zero-order valence-electron chi connectivity index (χ0n) is 12.2. The van der Waals surface area contributed by atoms with E-state index in [1.54, 1.807) is 26.0 Å². The summed E-state index contributed by atoms with van der Waals surface area (Å²) in [6.07, 6.45) is 5.85. The number of thiol groups is 1. The number of rotatable bonds is 4. The normalized spacial score (nSPS) is 11.0. The number of hydrogen-bond acceptors (Lipinski definition) is 5. The smallest absolute Gasteiger partial charge is 0.200 e. The lowest BCUT2D eigenvalue weighted by Gasteiger charge is -2.12. The third kappa shape index (κ3) is 2.23. The Balaban J connectivity index is 3.21. The van der Waals surface area contributed by atoms with Gasteiger partial charge in [0.05, 0.1) is 16.5 Å². The molecule has 0 saturated carbocycles. The van der Waals surface area contributed by atoms with Crippen LogP contribution in [-0.4, -0.2) is 12.6 Å². The minimum absolute atomic E-state index is 0.0875. The largest absolute Gasteiger partial charge is 0.455 e. The highest BCUT2D eigenvalue weighted by Gasteiger charge is 2.21. The fraction of sp³-hybridized carbons (Fsp3) is 0.118. The van der Waals surface area contributed by atoms with Crippen molar-refractivity contribution in [3.8, 4) is 0 Å². The van der Waals surface area contributed by atoms with Gasteiger partial charge in [0.25, 0.3) is 0 Å². The fourth-order valence-corrected chi connectivity index (χ4v) is 2.76. The molecule has 0 amide bonds. The molecule has 1 aromatic carbocycles. The van der Waals surface area contributed by atoms with Gasteiger partial charge in [0, 0.05) is 10.5 Å². The van der Waals surface area contributed by atoms with Crippen molar-refractivity contribution in [1.82, 2.24) is 0 Å².